The van der Waals surface area contributed by atoms with E-state index in [0.717, 1.165) is 5.56 Å². The highest BCUT2D eigenvalue weighted by Crippen LogP contribution is 2.25. The van der Waals surface area contributed by atoms with Gasteiger partial charge in [-0.1, -0.05) is 24.3 Å². The van der Waals surface area contributed by atoms with Crippen molar-refractivity contribution in [3.63, 3.8) is 0 Å². The van der Waals surface area contributed by atoms with Crippen LogP contribution >= 0.6 is 0 Å². The van der Waals surface area contributed by atoms with Crippen LogP contribution in [-0.2, 0) is 4.79 Å². The van der Waals surface area contributed by atoms with Crippen LogP contribution in [0, 0.1) is 6.92 Å². The molecule has 0 atom stereocenters. The molecule has 6 nitrogen and oxygen atoms in total. The van der Waals surface area contributed by atoms with Gasteiger partial charge in [0.05, 0.1) is 19.3 Å². The van der Waals surface area contributed by atoms with Gasteiger partial charge in [0.2, 0.25) is 5.91 Å². The molecule has 148 valence electrons. The van der Waals surface area contributed by atoms with E-state index >= 15 is 0 Å². The number of aryl methyl sites for hydroxylation is 1. The minimum absolute atomic E-state index is 0.155. The molecule has 0 saturated heterocycles. The third-order valence-corrected chi connectivity index (χ3v) is 4.13. The number of rotatable bonds is 7. The van der Waals surface area contributed by atoms with E-state index in [9.17, 15) is 9.59 Å². The fourth-order valence-corrected chi connectivity index (χ4v) is 2.68. The Labute approximate surface area is 169 Å². The number of para-hydroxylation sites is 1. The molecule has 0 aliphatic heterocycles. The van der Waals surface area contributed by atoms with Gasteiger partial charge >= 0.3 is 0 Å². The monoisotopic (exact) mass is 390 g/mol. The number of hydrogen-bond donors (Lipinski definition) is 2. The minimum Gasteiger partial charge on any atom is -0.495 e. The van der Waals surface area contributed by atoms with Gasteiger partial charge in [-0.15, -0.1) is 0 Å². The maximum Gasteiger partial charge on any atom is 0.251 e. The van der Waals surface area contributed by atoms with E-state index in [1.807, 2.05) is 49.4 Å². The van der Waals surface area contributed by atoms with Crippen LogP contribution < -0.4 is 20.1 Å². The van der Waals surface area contributed by atoms with Crippen molar-refractivity contribution in [1.29, 1.82) is 0 Å². The number of hydrogen-bond acceptors (Lipinski definition) is 4. The Balaban J connectivity index is 1.54. The summed E-state index contributed by atoms with van der Waals surface area (Å²) in [5.41, 5.74) is 1.99. The van der Waals surface area contributed by atoms with Crippen LogP contribution in [0.15, 0.2) is 72.8 Å². The summed E-state index contributed by atoms with van der Waals surface area (Å²) in [5, 5.41) is 5.35. The van der Waals surface area contributed by atoms with Crippen LogP contribution in [-0.4, -0.2) is 25.5 Å². The molecule has 0 fully saturated rings. The summed E-state index contributed by atoms with van der Waals surface area (Å²) in [6.07, 6.45) is 0. The molecule has 3 aromatic carbocycles. The van der Waals surface area contributed by atoms with Gasteiger partial charge in [-0.05, 0) is 61.0 Å². The van der Waals surface area contributed by atoms with E-state index in [4.69, 9.17) is 9.47 Å². The molecule has 6 heteroatoms. The molecular weight excluding hydrogens is 368 g/mol. The molecule has 0 saturated carbocycles. The number of ether oxygens (including phenoxy) is 2. The fourth-order valence-electron chi connectivity index (χ4n) is 2.68. The van der Waals surface area contributed by atoms with Crippen LogP contribution in [0.25, 0.3) is 0 Å². The summed E-state index contributed by atoms with van der Waals surface area (Å²) in [7, 11) is 1.53. The first kappa shape index (κ1) is 19.9. The van der Waals surface area contributed by atoms with Crippen molar-refractivity contribution in [3.05, 3.63) is 83.9 Å². The summed E-state index contributed by atoms with van der Waals surface area (Å²) >= 11 is 0. The zero-order chi connectivity index (χ0) is 20.6. The average Bonchev–Trinajstić information content (AvgIpc) is 2.73. The Morgan fingerprint density at radius 3 is 2.28 bits per heavy atom. The summed E-state index contributed by atoms with van der Waals surface area (Å²) in [6.45, 7) is 1.76. The SMILES string of the molecule is COc1ccc(C)cc1NC(=O)CNC(=O)c1ccc(Oc2ccccc2)cc1. The summed E-state index contributed by atoms with van der Waals surface area (Å²) in [4.78, 5) is 24.5. The van der Waals surface area contributed by atoms with Gasteiger partial charge in [0, 0.05) is 5.56 Å². The molecule has 3 aromatic rings. The third kappa shape index (κ3) is 5.59. The standard InChI is InChI=1S/C23H22N2O4/c1-16-8-13-21(28-2)20(14-16)25-22(26)15-24-23(27)17-9-11-19(12-10-17)29-18-6-4-3-5-7-18/h3-14H,15H2,1-2H3,(H,24,27)(H,25,26). The molecule has 0 spiro atoms. The number of nitrogens with one attached hydrogen (secondary N) is 2. The van der Waals surface area contributed by atoms with E-state index in [0.29, 0.717) is 28.5 Å². The summed E-state index contributed by atoms with van der Waals surface area (Å²) in [6, 6.07) is 21.6. The number of carbonyl (C=O) groups is 2. The number of amides is 2. The second-order valence-electron chi connectivity index (χ2n) is 6.37. The Morgan fingerprint density at radius 2 is 1.59 bits per heavy atom. The molecule has 0 radical (unpaired) electrons. The number of methoxy groups -OCH3 is 1. The van der Waals surface area contributed by atoms with Crippen LogP contribution in [0.1, 0.15) is 15.9 Å². The molecule has 0 aliphatic rings. The lowest BCUT2D eigenvalue weighted by molar-refractivity contribution is -0.115. The van der Waals surface area contributed by atoms with E-state index < -0.39 is 0 Å². The van der Waals surface area contributed by atoms with Gasteiger partial charge < -0.3 is 20.1 Å². The Bertz CT molecular complexity index is 986. The Kier molecular flexibility index (Phi) is 6.47. The smallest absolute Gasteiger partial charge is 0.251 e. The first-order valence-electron chi connectivity index (χ1n) is 9.11. The maximum absolute atomic E-state index is 12.3. The van der Waals surface area contributed by atoms with E-state index in [1.165, 1.54) is 7.11 Å². The third-order valence-electron chi connectivity index (χ3n) is 4.13. The van der Waals surface area contributed by atoms with Crippen molar-refractivity contribution in [1.82, 2.24) is 5.32 Å². The van der Waals surface area contributed by atoms with E-state index in [1.54, 1.807) is 30.3 Å². The quantitative estimate of drug-likeness (QED) is 0.635. The molecule has 0 aliphatic carbocycles. The molecule has 2 amide bonds. The summed E-state index contributed by atoms with van der Waals surface area (Å²) < 4.78 is 10.9. The van der Waals surface area contributed by atoms with Crippen LogP contribution in [0.3, 0.4) is 0 Å². The molecule has 29 heavy (non-hydrogen) atoms. The predicted molar refractivity (Wildman–Crippen MR) is 112 cm³/mol. The van der Waals surface area contributed by atoms with Crippen molar-refractivity contribution in [2.45, 2.75) is 6.92 Å². The Morgan fingerprint density at radius 1 is 0.897 bits per heavy atom. The lowest BCUT2D eigenvalue weighted by Crippen LogP contribution is -2.32. The topological polar surface area (TPSA) is 76.7 Å². The first-order valence-corrected chi connectivity index (χ1v) is 9.11. The highest BCUT2D eigenvalue weighted by Gasteiger charge is 2.11. The predicted octanol–water partition coefficient (Wildman–Crippen LogP) is 4.16. The number of benzene rings is 3. The Hall–Kier alpha value is -3.80. The highest BCUT2D eigenvalue weighted by atomic mass is 16.5. The van der Waals surface area contributed by atoms with Crippen molar-refractivity contribution in [2.24, 2.45) is 0 Å². The molecule has 3 rings (SSSR count). The van der Waals surface area contributed by atoms with Crippen molar-refractivity contribution in [3.8, 4) is 17.2 Å². The fraction of sp³-hybridized carbons (Fsp3) is 0.130. The minimum atomic E-state index is -0.345. The second-order valence-corrected chi connectivity index (χ2v) is 6.37. The van der Waals surface area contributed by atoms with Crippen molar-refractivity contribution < 1.29 is 19.1 Å². The molecule has 0 heterocycles. The second kappa shape index (κ2) is 9.41. The largest absolute Gasteiger partial charge is 0.495 e. The van der Waals surface area contributed by atoms with Crippen LogP contribution in [0.2, 0.25) is 0 Å². The van der Waals surface area contributed by atoms with Gasteiger partial charge in [0.15, 0.2) is 0 Å². The van der Waals surface area contributed by atoms with Gasteiger partial charge in [0.1, 0.15) is 17.2 Å². The van der Waals surface area contributed by atoms with E-state index in [2.05, 4.69) is 10.6 Å². The summed E-state index contributed by atoms with van der Waals surface area (Å²) in [5.74, 6) is 1.21. The van der Waals surface area contributed by atoms with Crippen molar-refractivity contribution >= 4 is 17.5 Å². The molecule has 0 bridgehead atoms. The number of carbonyl (C=O) groups excluding carboxylic acids is 2. The molecular formula is C23H22N2O4. The maximum atomic E-state index is 12.3. The highest BCUT2D eigenvalue weighted by molar-refractivity contribution is 5.99. The number of anilines is 1. The van der Waals surface area contributed by atoms with Gasteiger partial charge in [0.25, 0.3) is 5.91 Å². The van der Waals surface area contributed by atoms with Gasteiger partial charge in [-0.3, -0.25) is 9.59 Å². The lowest BCUT2D eigenvalue weighted by atomic mass is 10.2. The zero-order valence-electron chi connectivity index (χ0n) is 16.3. The van der Waals surface area contributed by atoms with Crippen LogP contribution in [0.4, 0.5) is 5.69 Å². The van der Waals surface area contributed by atoms with Gasteiger partial charge in [-0.25, -0.2) is 0 Å². The van der Waals surface area contributed by atoms with E-state index in [-0.39, 0.29) is 18.4 Å². The normalized spacial score (nSPS) is 10.1. The van der Waals surface area contributed by atoms with Crippen LogP contribution in [0.5, 0.6) is 17.2 Å². The zero-order valence-corrected chi connectivity index (χ0v) is 16.3. The molecule has 2 N–H and O–H groups in total. The van der Waals surface area contributed by atoms with Gasteiger partial charge in [-0.2, -0.15) is 0 Å². The lowest BCUT2D eigenvalue weighted by Gasteiger charge is -2.11. The first-order chi connectivity index (χ1) is 14.0. The average molecular weight is 390 g/mol. The van der Waals surface area contributed by atoms with Crippen molar-refractivity contribution in [2.75, 3.05) is 19.0 Å². The molecule has 0 aromatic heterocycles. The molecule has 0 unspecified atom stereocenters.